The lowest BCUT2D eigenvalue weighted by Crippen LogP contribution is -2.22. The van der Waals surface area contributed by atoms with Gasteiger partial charge in [0.1, 0.15) is 5.69 Å². The fourth-order valence-electron chi connectivity index (χ4n) is 2.09. The molecule has 24 heavy (non-hydrogen) atoms. The van der Waals surface area contributed by atoms with Crippen LogP contribution in [0.25, 0.3) is 11.3 Å². The molecule has 0 spiro atoms. The van der Waals surface area contributed by atoms with E-state index in [0.29, 0.717) is 27.3 Å². The van der Waals surface area contributed by atoms with E-state index in [-0.39, 0.29) is 11.7 Å². The van der Waals surface area contributed by atoms with Gasteiger partial charge in [-0.2, -0.15) is 0 Å². The first kappa shape index (κ1) is 16.8. The molecule has 122 valence electrons. The number of aromatic nitrogens is 1. The van der Waals surface area contributed by atoms with E-state index in [1.165, 1.54) is 0 Å². The van der Waals surface area contributed by atoms with E-state index in [2.05, 4.69) is 10.5 Å². The summed E-state index contributed by atoms with van der Waals surface area (Å²) in [6, 6.07) is 13.9. The number of nitrogens with zero attached hydrogens (tertiary/aromatic N) is 1. The highest BCUT2D eigenvalue weighted by Gasteiger charge is 2.14. The summed E-state index contributed by atoms with van der Waals surface area (Å²) in [5.41, 5.74) is 2.14. The Morgan fingerprint density at radius 2 is 1.88 bits per heavy atom. The molecule has 0 saturated carbocycles. The number of amides is 1. The molecule has 1 amide bonds. The highest BCUT2D eigenvalue weighted by Crippen LogP contribution is 2.23. The summed E-state index contributed by atoms with van der Waals surface area (Å²) in [6.45, 7) is 0.295. The molecule has 0 aliphatic carbocycles. The van der Waals surface area contributed by atoms with Crippen LogP contribution in [0.1, 0.15) is 16.1 Å². The van der Waals surface area contributed by atoms with Gasteiger partial charge in [0.15, 0.2) is 0 Å². The van der Waals surface area contributed by atoms with Crippen LogP contribution < -0.4 is 5.32 Å². The minimum Gasteiger partial charge on any atom is -0.350 e. The summed E-state index contributed by atoms with van der Waals surface area (Å²) in [5, 5.41) is 8.12. The summed E-state index contributed by atoms with van der Waals surface area (Å²) >= 11 is 17.8. The molecule has 7 heteroatoms. The number of carbonyl (C=O) groups is 1. The molecule has 3 rings (SSSR count). The van der Waals surface area contributed by atoms with Crippen molar-refractivity contribution in [2.45, 2.75) is 6.54 Å². The first-order valence-electron chi connectivity index (χ1n) is 6.98. The van der Waals surface area contributed by atoms with Crippen molar-refractivity contribution in [1.29, 1.82) is 0 Å². The first-order valence-corrected chi connectivity index (χ1v) is 8.11. The molecule has 1 aromatic heterocycles. The second kappa shape index (κ2) is 7.26. The molecule has 0 saturated heterocycles. The molecule has 0 aliphatic rings. The zero-order chi connectivity index (χ0) is 17.1. The average Bonchev–Trinajstić information content (AvgIpc) is 3.06. The highest BCUT2D eigenvalue weighted by molar-refractivity contribution is 6.42. The zero-order valence-electron chi connectivity index (χ0n) is 12.2. The van der Waals surface area contributed by atoms with Crippen LogP contribution in [0.5, 0.6) is 0 Å². The predicted molar refractivity (Wildman–Crippen MR) is 94.6 cm³/mol. The molecule has 0 aliphatic heterocycles. The van der Waals surface area contributed by atoms with Crippen LogP contribution in [0.4, 0.5) is 0 Å². The van der Waals surface area contributed by atoms with Crippen LogP contribution in [0, 0.1) is 0 Å². The normalized spacial score (nSPS) is 10.6. The molecule has 0 radical (unpaired) electrons. The monoisotopic (exact) mass is 380 g/mol. The Morgan fingerprint density at radius 1 is 1.04 bits per heavy atom. The SMILES string of the molecule is O=C(NCc1ccc(Cl)c(Cl)c1)c1cc(-c2cccc(Cl)c2)no1. The van der Waals surface area contributed by atoms with E-state index in [4.69, 9.17) is 39.3 Å². The van der Waals surface area contributed by atoms with Crippen molar-refractivity contribution in [1.82, 2.24) is 10.5 Å². The number of nitrogens with one attached hydrogen (secondary N) is 1. The van der Waals surface area contributed by atoms with E-state index in [1.807, 2.05) is 6.07 Å². The van der Waals surface area contributed by atoms with E-state index in [9.17, 15) is 4.79 Å². The third-order valence-electron chi connectivity index (χ3n) is 3.29. The first-order chi connectivity index (χ1) is 11.5. The summed E-state index contributed by atoms with van der Waals surface area (Å²) in [6.07, 6.45) is 0. The van der Waals surface area contributed by atoms with E-state index in [0.717, 1.165) is 11.1 Å². The van der Waals surface area contributed by atoms with Crippen LogP contribution in [0.15, 0.2) is 53.1 Å². The molecule has 1 N–H and O–H groups in total. The third-order valence-corrected chi connectivity index (χ3v) is 4.27. The van der Waals surface area contributed by atoms with Crippen LogP contribution in [0.2, 0.25) is 15.1 Å². The number of carbonyl (C=O) groups excluding carboxylic acids is 1. The quantitative estimate of drug-likeness (QED) is 0.673. The van der Waals surface area contributed by atoms with Gasteiger partial charge in [-0.15, -0.1) is 0 Å². The van der Waals surface area contributed by atoms with Crippen molar-refractivity contribution >= 4 is 40.7 Å². The lowest BCUT2D eigenvalue weighted by molar-refractivity contribution is 0.0914. The fraction of sp³-hybridized carbons (Fsp3) is 0.0588. The van der Waals surface area contributed by atoms with Gasteiger partial charge in [-0.1, -0.05) is 58.2 Å². The summed E-state index contributed by atoms with van der Waals surface area (Å²) in [5.74, 6) is -0.258. The summed E-state index contributed by atoms with van der Waals surface area (Å²) in [4.78, 5) is 12.2. The van der Waals surface area contributed by atoms with Crippen LogP contribution in [-0.4, -0.2) is 11.1 Å². The van der Waals surface area contributed by atoms with Gasteiger partial charge in [0.05, 0.1) is 10.0 Å². The zero-order valence-corrected chi connectivity index (χ0v) is 14.5. The lowest BCUT2D eigenvalue weighted by atomic mass is 10.1. The molecule has 0 unspecified atom stereocenters. The van der Waals surface area contributed by atoms with Gasteiger partial charge >= 0.3 is 0 Å². The van der Waals surface area contributed by atoms with Crippen molar-refractivity contribution < 1.29 is 9.32 Å². The Labute approximate surface area is 153 Å². The largest absolute Gasteiger partial charge is 0.350 e. The Hall–Kier alpha value is -2.01. The van der Waals surface area contributed by atoms with Gasteiger partial charge in [-0.05, 0) is 29.8 Å². The molecule has 0 bridgehead atoms. The molecular weight excluding hydrogens is 371 g/mol. The van der Waals surface area contributed by atoms with E-state index >= 15 is 0 Å². The topological polar surface area (TPSA) is 55.1 Å². The van der Waals surface area contributed by atoms with Gasteiger partial charge in [-0.25, -0.2) is 0 Å². The van der Waals surface area contributed by atoms with Crippen LogP contribution >= 0.6 is 34.8 Å². The Kier molecular flexibility index (Phi) is 5.09. The second-order valence-corrected chi connectivity index (χ2v) is 6.27. The maximum Gasteiger partial charge on any atom is 0.290 e. The Balaban J connectivity index is 1.68. The van der Waals surface area contributed by atoms with Crippen LogP contribution in [-0.2, 0) is 6.54 Å². The second-order valence-electron chi connectivity index (χ2n) is 5.02. The third kappa shape index (κ3) is 3.90. The van der Waals surface area contributed by atoms with Crippen molar-refractivity contribution in [2.24, 2.45) is 0 Å². The van der Waals surface area contributed by atoms with Crippen molar-refractivity contribution in [2.75, 3.05) is 0 Å². The number of hydrogen-bond acceptors (Lipinski definition) is 3. The molecule has 2 aromatic carbocycles. The fourth-order valence-corrected chi connectivity index (χ4v) is 2.60. The highest BCUT2D eigenvalue weighted by atomic mass is 35.5. The number of halogens is 3. The summed E-state index contributed by atoms with van der Waals surface area (Å²) < 4.78 is 5.10. The molecule has 4 nitrogen and oxygen atoms in total. The predicted octanol–water partition coefficient (Wildman–Crippen LogP) is 5.23. The summed E-state index contributed by atoms with van der Waals surface area (Å²) in [7, 11) is 0. The standard InChI is InChI=1S/C17H11Cl3N2O2/c18-12-3-1-2-11(7-12)15-8-16(24-22-15)17(23)21-9-10-4-5-13(19)14(20)6-10/h1-8H,9H2,(H,21,23). The average molecular weight is 382 g/mol. The molecule has 0 atom stereocenters. The number of hydrogen-bond donors (Lipinski definition) is 1. The van der Waals surface area contributed by atoms with Crippen molar-refractivity contribution in [3.63, 3.8) is 0 Å². The van der Waals surface area contributed by atoms with Crippen molar-refractivity contribution in [3.8, 4) is 11.3 Å². The Morgan fingerprint density at radius 3 is 2.62 bits per heavy atom. The number of benzene rings is 2. The molecule has 0 fully saturated rings. The van der Waals surface area contributed by atoms with Gasteiger partial charge in [0, 0.05) is 23.2 Å². The Bertz CT molecular complexity index is 893. The van der Waals surface area contributed by atoms with Crippen molar-refractivity contribution in [3.05, 3.63) is 74.9 Å². The van der Waals surface area contributed by atoms with Gasteiger partial charge in [-0.3, -0.25) is 4.79 Å². The molecule has 3 aromatic rings. The van der Waals surface area contributed by atoms with Gasteiger partial charge in [0.25, 0.3) is 5.91 Å². The van der Waals surface area contributed by atoms with Gasteiger partial charge < -0.3 is 9.84 Å². The maximum atomic E-state index is 12.2. The number of rotatable bonds is 4. The minimum atomic E-state index is -0.373. The van der Waals surface area contributed by atoms with Crippen LogP contribution in [0.3, 0.4) is 0 Å². The van der Waals surface area contributed by atoms with E-state index in [1.54, 1.807) is 42.5 Å². The van der Waals surface area contributed by atoms with Gasteiger partial charge in [0.2, 0.25) is 5.76 Å². The lowest BCUT2D eigenvalue weighted by Gasteiger charge is -2.04. The minimum absolute atomic E-state index is 0.116. The molecule has 1 heterocycles. The maximum absolute atomic E-state index is 12.2. The smallest absolute Gasteiger partial charge is 0.290 e. The van der Waals surface area contributed by atoms with E-state index < -0.39 is 0 Å². The molecular formula is C17H11Cl3N2O2.